The van der Waals surface area contributed by atoms with Gasteiger partial charge in [-0.1, -0.05) is 0 Å². The number of halogens is 3. The van der Waals surface area contributed by atoms with Gasteiger partial charge in [-0.3, -0.25) is 4.79 Å². The number of amides is 1. The minimum Gasteiger partial charge on any atom is -0.390 e. The lowest BCUT2D eigenvalue weighted by Gasteiger charge is -2.25. The van der Waals surface area contributed by atoms with Gasteiger partial charge in [0, 0.05) is 12.4 Å². The van der Waals surface area contributed by atoms with Gasteiger partial charge in [-0.15, -0.1) is 11.3 Å². The first kappa shape index (κ1) is 19.8. The highest BCUT2D eigenvalue weighted by Gasteiger charge is 2.41. The Bertz CT molecular complexity index is 983. The lowest BCUT2D eigenvalue weighted by atomic mass is 10.2. The van der Waals surface area contributed by atoms with Crippen molar-refractivity contribution in [2.24, 2.45) is 0 Å². The molecule has 0 spiro atoms. The van der Waals surface area contributed by atoms with Gasteiger partial charge in [0.05, 0.1) is 29.3 Å². The predicted molar refractivity (Wildman–Crippen MR) is 89.5 cm³/mol. The van der Waals surface area contributed by atoms with Gasteiger partial charge in [-0.05, 0) is 13.0 Å². The fourth-order valence-corrected chi connectivity index (χ4v) is 5.42. The van der Waals surface area contributed by atoms with Crippen molar-refractivity contribution >= 4 is 27.1 Å². The predicted octanol–water partition coefficient (Wildman–Crippen LogP) is 0.886. The summed E-state index contributed by atoms with van der Waals surface area (Å²) in [6.07, 6.45) is -5.87. The molecule has 1 N–H and O–H groups in total. The number of nitrogens with zero attached hydrogens (tertiary/aromatic N) is 4. The Balaban J connectivity index is 1.87. The van der Waals surface area contributed by atoms with Crippen LogP contribution in [-0.4, -0.2) is 69.8 Å². The SMILES string of the molecule is Cc1cc(C(F)(F)F)n(-c2nc(C(=O)N(C)[C@@H]3CS(=O)(=O)C[C@H]3O)cs2)n1. The molecule has 2 aromatic heterocycles. The van der Waals surface area contributed by atoms with Crippen molar-refractivity contribution in [1.82, 2.24) is 19.7 Å². The van der Waals surface area contributed by atoms with Crippen LogP contribution >= 0.6 is 11.3 Å². The largest absolute Gasteiger partial charge is 0.433 e. The summed E-state index contributed by atoms with van der Waals surface area (Å²) in [5.74, 6) is -1.53. The van der Waals surface area contributed by atoms with E-state index >= 15 is 0 Å². The van der Waals surface area contributed by atoms with E-state index in [2.05, 4.69) is 10.1 Å². The summed E-state index contributed by atoms with van der Waals surface area (Å²) >= 11 is 0.796. The number of aromatic nitrogens is 3. The van der Waals surface area contributed by atoms with Crippen LogP contribution in [0.1, 0.15) is 21.9 Å². The maximum Gasteiger partial charge on any atom is 0.433 e. The highest BCUT2D eigenvalue weighted by molar-refractivity contribution is 7.91. The molecule has 2 aromatic rings. The standard InChI is InChI=1S/C14H15F3N4O4S2/c1-7-3-11(14(15,16)17)21(19-7)13-18-8(4-26-13)12(23)20(2)9-5-27(24,25)6-10(9)22/h3-4,9-10,22H,5-6H2,1-2H3/t9-,10-/m1/s1. The van der Waals surface area contributed by atoms with Gasteiger partial charge in [0.25, 0.3) is 5.91 Å². The van der Waals surface area contributed by atoms with Crippen LogP contribution in [0.4, 0.5) is 13.2 Å². The first-order valence-corrected chi connectivity index (χ1v) is 10.3. The zero-order valence-corrected chi connectivity index (χ0v) is 15.8. The fraction of sp³-hybridized carbons (Fsp3) is 0.500. The second kappa shape index (κ2) is 6.56. The van der Waals surface area contributed by atoms with Gasteiger partial charge in [0.15, 0.2) is 15.5 Å². The number of rotatable bonds is 3. The second-order valence-electron chi connectivity index (χ2n) is 6.22. The van der Waals surface area contributed by atoms with Crippen molar-refractivity contribution in [2.75, 3.05) is 18.6 Å². The molecule has 13 heteroatoms. The lowest BCUT2D eigenvalue weighted by molar-refractivity contribution is -0.142. The highest BCUT2D eigenvalue weighted by Crippen LogP contribution is 2.32. The van der Waals surface area contributed by atoms with Crippen molar-refractivity contribution in [3.05, 3.63) is 28.5 Å². The quantitative estimate of drug-likeness (QED) is 0.785. The lowest BCUT2D eigenvalue weighted by Crippen LogP contribution is -2.44. The van der Waals surface area contributed by atoms with Crippen LogP contribution in [0.2, 0.25) is 0 Å². The third kappa shape index (κ3) is 3.84. The highest BCUT2D eigenvalue weighted by atomic mass is 32.2. The zero-order valence-electron chi connectivity index (χ0n) is 14.1. The molecule has 1 aliphatic rings. The van der Waals surface area contributed by atoms with Crippen LogP contribution in [0.3, 0.4) is 0 Å². The monoisotopic (exact) mass is 424 g/mol. The maximum atomic E-state index is 13.1. The van der Waals surface area contributed by atoms with Crippen molar-refractivity contribution in [3.63, 3.8) is 0 Å². The number of aliphatic hydroxyl groups is 1. The van der Waals surface area contributed by atoms with Crippen molar-refractivity contribution in [1.29, 1.82) is 0 Å². The molecule has 0 aromatic carbocycles. The number of aliphatic hydroxyl groups excluding tert-OH is 1. The Morgan fingerprint density at radius 1 is 1.41 bits per heavy atom. The average molecular weight is 424 g/mol. The van der Waals surface area contributed by atoms with Crippen LogP contribution in [-0.2, 0) is 16.0 Å². The number of carbonyl (C=O) groups excluding carboxylic acids is 1. The first-order valence-electron chi connectivity index (χ1n) is 7.64. The van der Waals surface area contributed by atoms with Crippen LogP contribution in [0.5, 0.6) is 0 Å². The molecule has 0 saturated carbocycles. The van der Waals surface area contributed by atoms with Crippen LogP contribution in [0.15, 0.2) is 11.4 Å². The molecule has 27 heavy (non-hydrogen) atoms. The van der Waals surface area contributed by atoms with E-state index in [1.807, 2.05) is 0 Å². The molecule has 1 amide bonds. The Labute approximate surface area is 156 Å². The summed E-state index contributed by atoms with van der Waals surface area (Å²) in [6.45, 7) is 1.40. The molecular weight excluding hydrogens is 409 g/mol. The molecule has 3 rings (SSSR count). The molecule has 1 saturated heterocycles. The molecule has 8 nitrogen and oxygen atoms in total. The number of sulfone groups is 1. The van der Waals surface area contributed by atoms with Crippen molar-refractivity contribution in [2.45, 2.75) is 25.2 Å². The van der Waals surface area contributed by atoms with E-state index in [4.69, 9.17) is 0 Å². The smallest absolute Gasteiger partial charge is 0.390 e. The number of hydrogen-bond acceptors (Lipinski definition) is 7. The normalized spacial score (nSPS) is 22.1. The first-order chi connectivity index (χ1) is 12.4. The molecule has 148 valence electrons. The summed E-state index contributed by atoms with van der Waals surface area (Å²) in [7, 11) is -2.15. The van der Waals surface area contributed by atoms with Gasteiger partial charge in [0.1, 0.15) is 5.69 Å². The number of alkyl halides is 3. The number of likely N-dealkylation sites (N-methyl/N-ethyl adjacent to an activating group) is 1. The molecule has 2 atom stereocenters. The van der Waals surface area contributed by atoms with Crippen LogP contribution < -0.4 is 0 Å². The van der Waals surface area contributed by atoms with Gasteiger partial charge in [-0.2, -0.15) is 18.3 Å². The third-order valence-electron chi connectivity index (χ3n) is 4.13. The number of hydrogen-bond donors (Lipinski definition) is 1. The molecular formula is C14H15F3N4O4S2. The topological polar surface area (TPSA) is 105 Å². The van der Waals surface area contributed by atoms with E-state index in [1.165, 1.54) is 19.4 Å². The van der Waals surface area contributed by atoms with Crippen LogP contribution in [0.25, 0.3) is 5.13 Å². The summed E-state index contributed by atoms with van der Waals surface area (Å²) in [4.78, 5) is 17.5. The Morgan fingerprint density at radius 2 is 2.07 bits per heavy atom. The molecule has 0 aliphatic carbocycles. The molecule has 0 radical (unpaired) electrons. The summed E-state index contributed by atoms with van der Waals surface area (Å²) in [5, 5.41) is 14.8. The van der Waals surface area contributed by atoms with Gasteiger partial charge in [-0.25, -0.2) is 18.1 Å². The molecule has 0 bridgehead atoms. The number of carbonyl (C=O) groups is 1. The van der Waals surface area contributed by atoms with Gasteiger partial charge >= 0.3 is 6.18 Å². The Morgan fingerprint density at radius 3 is 2.63 bits per heavy atom. The van der Waals surface area contributed by atoms with E-state index < -0.39 is 45.5 Å². The van der Waals surface area contributed by atoms with E-state index in [0.29, 0.717) is 4.68 Å². The van der Waals surface area contributed by atoms with Crippen molar-refractivity contribution in [3.8, 4) is 5.13 Å². The van der Waals surface area contributed by atoms with E-state index in [9.17, 15) is 31.5 Å². The fourth-order valence-electron chi connectivity index (χ4n) is 2.82. The molecule has 1 fully saturated rings. The van der Waals surface area contributed by atoms with E-state index in [0.717, 1.165) is 22.3 Å². The van der Waals surface area contributed by atoms with Crippen molar-refractivity contribution < 1.29 is 31.5 Å². The molecule has 3 heterocycles. The molecule has 1 aliphatic heterocycles. The van der Waals surface area contributed by atoms with Crippen LogP contribution in [0, 0.1) is 6.92 Å². The number of thiazole rings is 1. The Hall–Kier alpha value is -1.99. The minimum atomic E-state index is -4.64. The molecule has 0 unspecified atom stereocenters. The summed E-state index contributed by atoms with van der Waals surface area (Å²) < 4.78 is 63.2. The summed E-state index contributed by atoms with van der Waals surface area (Å²) in [6, 6.07) is -0.0697. The number of aryl methyl sites for hydroxylation is 1. The van der Waals surface area contributed by atoms with E-state index in [1.54, 1.807) is 0 Å². The third-order valence-corrected chi connectivity index (χ3v) is 6.64. The van der Waals surface area contributed by atoms with Gasteiger partial charge < -0.3 is 10.0 Å². The van der Waals surface area contributed by atoms with Gasteiger partial charge in [0.2, 0.25) is 5.13 Å². The van der Waals surface area contributed by atoms with E-state index in [-0.39, 0.29) is 22.3 Å². The minimum absolute atomic E-state index is 0.141. The second-order valence-corrected chi connectivity index (χ2v) is 9.21. The average Bonchev–Trinajstić information content (AvgIpc) is 3.22. The maximum absolute atomic E-state index is 13.1. The Kier molecular flexibility index (Phi) is 4.80. The summed E-state index contributed by atoms with van der Waals surface area (Å²) in [5.41, 5.74) is -1.03. The zero-order chi connectivity index (χ0) is 20.1.